The first-order chi connectivity index (χ1) is 18.5. The Bertz CT molecular complexity index is 1130. The number of hydrogen-bond acceptors (Lipinski definition) is 7. The highest BCUT2D eigenvalue weighted by atomic mass is 32.2. The summed E-state index contributed by atoms with van der Waals surface area (Å²) in [6, 6.07) is 14.5. The van der Waals surface area contributed by atoms with E-state index in [4.69, 9.17) is 14.3 Å². The van der Waals surface area contributed by atoms with Crippen molar-refractivity contribution in [3.63, 3.8) is 0 Å². The third-order valence-corrected chi connectivity index (χ3v) is 8.26. The second-order valence-corrected chi connectivity index (χ2v) is 12.8. The Morgan fingerprint density at radius 3 is 2.28 bits per heavy atom. The quantitative estimate of drug-likeness (QED) is 0.361. The topological polar surface area (TPSA) is 114 Å². The number of nitrogens with zero attached hydrogens (tertiary/aromatic N) is 1. The minimum absolute atomic E-state index is 0.0128. The van der Waals surface area contributed by atoms with E-state index in [2.05, 4.69) is 5.32 Å². The zero-order valence-corrected chi connectivity index (χ0v) is 24.2. The molecular formula is C29H42N2O7S. The first-order valence-corrected chi connectivity index (χ1v) is 14.9. The number of methoxy groups -OCH3 is 1. The highest BCUT2D eigenvalue weighted by molar-refractivity contribution is 7.89. The van der Waals surface area contributed by atoms with Gasteiger partial charge in [0.15, 0.2) is 0 Å². The van der Waals surface area contributed by atoms with Crippen molar-refractivity contribution in [2.24, 2.45) is 5.92 Å². The molecule has 0 aliphatic heterocycles. The number of rotatable bonds is 12. The summed E-state index contributed by atoms with van der Waals surface area (Å²) in [6.45, 7) is 5.09. The van der Waals surface area contributed by atoms with Gasteiger partial charge in [-0.3, -0.25) is 4.84 Å². The van der Waals surface area contributed by atoms with Gasteiger partial charge in [-0.15, -0.1) is 0 Å². The fourth-order valence-electron chi connectivity index (χ4n) is 4.52. The summed E-state index contributed by atoms with van der Waals surface area (Å²) < 4.78 is 38.8. The molecule has 0 heterocycles. The van der Waals surface area contributed by atoms with E-state index in [9.17, 15) is 18.3 Å². The van der Waals surface area contributed by atoms with Gasteiger partial charge in [0.05, 0.1) is 37.3 Å². The molecule has 1 fully saturated rings. The van der Waals surface area contributed by atoms with Crippen LogP contribution in [0.3, 0.4) is 0 Å². The number of ether oxygens (including phenoxy) is 2. The molecule has 1 aliphatic rings. The Balaban J connectivity index is 1.84. The molecule has 2 unspecified atom stereocenters. The van der Waals surface area contributed by atoms with Crippen LogP contribution in [0.5, 0.6) is 5.75 Å². The van der Waals surface area contributed by atoms with Crippen LogP contribution in [0.25, 0.3) is 0 Å². The maximum Gasteiger partial charge on any atom is 0.407 e. The van der Waals surface area contributed by atoms with E-state index in [0.29, 0.717) is 5.75 Å². The van der Waals surface area contributed by atoms with E-state index in [-0.39, 0.29) is 30.4 Å². The highest BCUT2D eigenvalue weighted by Crippen LogP contribution is 2.26. The number of hydroxylamine groups is 1. The second kappa shape index (κ2) is 14.1. The number of aliphatic hydroxyl groups excluding tert-OH is 1. The lowest BCUT2D eigenvalue weighted by atomic mass is 9.90. The van der Waals surface area contributed by atoms with Gasteiger partial charge in [-0.25, -0.2) is 13.2 Å². The average molecular weight is 563 g/mol. The van der Waals surface area contributed by atoms with Gasteiger partial charge < -0.3 is 19.9 Å². The molecule has 10 heteroatoms. The Labute approximate surface area is 232 Å². The van der Waals surface area contributed by atoms with Crippen LogP contribution in [0, 0.1) is 5.92 Å². The standard InChI is InChI=1S/C29H42N2O7S/c1-29(2,3)38-28(33)30-26(19-22-11-7-5-8-12-22)27(32)20-31(37-21-23-13-9-6-10-14-23)39(34,35)25-17-15-24(36-4)16-18-25/h5,7-8,11-12,15-18,23,26-27,32H,6,9-10,13-14,19-21H2,1-4H3,(H,30,33). The van der Waals surface area contributed by atoms with Crippen LogP contribution in [-0.4, -0.2) is 62.1 Å². The summed E-state index contributed by atoms with van der Waals surface area (Å²) in [6.07, 6.45) is 3.54. The zero-order chi connectivity index (χ0) is 28.5. The van der Waals surface area contributed by atoms with Crippen LogP contribution in [0.15, 0.2) is 59.5 Å². The number of amides is 1. The van der Waals surface area contributed by atoms with Crippen LogP contribution in [0.2, 0.25) is 0 Å². The van der Waals surface area contributed by atoms with Crippen LogP contribution < -0.4 is 10.1 Å². The highest BCUT2D eigenvalue weighted by Gasteiger charge is 2.33. The van der Waals surface area contributed by atoms with Crippen LogP contribution in [0.4, 0.5) is 4.79 Å². The predicted molar refractivity (Wildman–Crippen MR) is 149 cm³/mol. The van der Waals surface area contributed by atoms with Gasteiger partial charge in [-0.1, -0.05) is 54.1 Å². The van der Waals surface area contributed by atoms with Crippen molar-refractivity contribution >= 4 is 16.1 Å². The maximum absolute atomic E-state index is 13.7. The molecule has 0 aromatic heterocycles. The average Bonchev–Trinajstić information content (AvgIpc) is 2.90. The second-order valence-electron chi connectivity index (χ2n) is 11.0. The number of carbonyl (C=O) groups is 1. The fourth-order valence-corrected chi connectivity index (χ4v) is 5.78. The molecule has 3 rings (SSSR count). The minimum Gasteiger partial charge on any atom is -0.497 e. The van der Waals surface area contributed by atoms with Crippen LogP contribution >= 0.6 is 0 Å². The van der Waals surface area contributed by atoms with Crippen molar-refractivity contribution in [1.82, 2.24) is 9.79 Å². The van der Waals surface area contributed by atoms with Crippen LogP contribution in [-0.2, 0) is 26.0 Å². The summed E-state index contributed by atoms with van der Waals surface area (Å²) in [5, 5.41) is 14.1. The fraction of sp³-hybridized carbons (Fsp3) is 0.552. The summed E-state index contributed by atoms with van der Waals surface area (Å²) in [7, 11) is -2.63. The Morgan fingerprint density at radius 1 is 1.05 bits per heavy atom. The minimum atomic E-state index is -4.13. The molecule has 0 spiro atoms. The summed E-state index contributed by atoms with van der Waals surface area (Å²) >= 11 is 0. The molecule has 0 saturated heterocycles. The van der Waals surface area contributed by atoms with Crippen molar-refractivity contribution in [2.75, 3.05) is 20.3 Å². The Morgan fingerprint density at radius 2 is 1.69 bits per heavy atom. The molecule has 1 aliphatic carbocycles. The normalized spacial score (nSPS) is 16.5. The number of hydrogen-bond donors (Lipinski definition) is 2. The van der Waals surface area contributed by atoms with E-state index < -0.39 is 33.9 Å². The SMILES string of the molecule is COc1ccc(S(=O)(=O)N(CC(O)C(Cc2ccccc2)NC(=O)OC(C)(C)C)OCC2CCCCC2)cc1. The van der Waals surface area contributed by atoms with E-state index in [1.54, 1.807) is 32.9 Å². The molecule has 2 atom stereocenters. The Hall–Kier alpha value is -2.66. The van der Waals surface area contributed by atoms with E-state index in [0.717, 1.165) is 35.7 Å². The number of nitrogens with one attached hydrogen (secondary N) is 1. The lowest BCUT2D eigenvalue weighted by Gasteiger charge is -2.31. The van der Waals surface area contributed by atoms with Gasteiger partial charge in [0, 0.05) is 0 Å². The molecule has 1 amide bonds. The van der Waals surface area contributed by atoms with Gasteiger partial charge in [-0.2, -0.15) is 0 Å². The Kier molecular flexibility index (Phi) is 11.2. The monoisotopic (exact) mass is 562 g/mol. The summed E-state index contributed by atoms with van der Waals surface area (Å²) in [5.41, 5.74) is 0.129. The van der Waals surface area contributed by atoms with Crippen molar-refractivity contribution in [1.29, 1.82) is 0 Å². The molecule has 0 radical (unpaired) electrons. The van der Waals surface area contributed by atoms with Gasteiger partial charge in [0.1, 0.15) is 11.4 Å². The first-order valence-electron chi connectivity index (χ1n) is 13.5. The first kappa shape index (κ1) is 30.9. The molecule has 39 heavy (non-hydrogen) atoms. The van der Waals surface area contributed by atoms with Crippen molar-refractivity contribution < 1.29 is 32.6 Å². The van der Waals surface area contributed by atoms with E-state index in [1.165, 1.54) is 25.7 Å². The smallest absolute Gasteiger partial charge is 0.407 e. The third-order valence-electron chi connectivity index (χ3n) is 6.61. The van der Waals surface area contributed by atoms with Crippen LogP contribution in [0.1, 0.15) is 58.4 Å². The molecule has 216 valence electrons. The summed E-state index contributed by atoms with van der Waals surface area (Å²) in [5.74, 6) is 0.762. The van der Waals surface area contributed by atoms with Gasteiger partial charge >= 0.3 is 6.09 Å². The molecule has 2 aromatic rings. The lowest BCUT2D eigenvalue weighted by Crippen LogP contribution is -2.51. The largest absolute Gasteiger partial charge is 0.497 e. The number of alkyl carbamates (subject to hydrolysis) is 1. The third kappa shape index (κ3) is 9.79. The summed E-state index contributed by atoms with van der Waals surface area (Å²) in [4.78, 5) is 18.6. The van der Waals surface area contributed by atoms with Crippen molar-refractivity contribution in [3.8, 4) is 5.75 Å². The number of sulfonamides is 1. The van der Waals surface area contributed by atoms with Gasteiger partial charge in [0.25, 0.3) is 10.0 Å². The number of aliphatic hydroxyl groups is 1. The zero-order valence-electron chi connectivity index (χ0n) is 23.3. The molecule has 2 aromatic carbocycles. The molecule has 9 nitrogen and oxygen atoms in total. The molecule has 0 bridgehead atoms. The van der Waals surface area contributed by atoms with Gasteiger partial charge in [-0.05, 0) is 75.8 Å². The molecule has 1 saturated carbocycles. The maximum atomic E-state index is 13.7. The lowest BCUT2D eigenvalue weighted by molar-refractivity contribution is -0.121. The van der Waals surface area contributed by atoms with Crippen molar-refractivity contribution in [2.45, 2.75) is 81.9 Å². The molecule has 2 N–H and O–H groups in total. The van der Waals surface area contributed by atoms with Gasteiger partial charge in [0.2, 0.25) is 0 Å². The molecular weight excluding hydrogens is 520 g/mol. The predicted octanol–water partition coefficient (Wildman–Crippen LogP) is 4.69. The number of benzene rings is 2. The van der Waals surface area contributed by atoms with E-state index in [1.807, 2.05) is 30.3 Å². The number of carbonyl (C=O) groups excluding carboxylic acids is 1. The van der Waals surface area contributed by atoms with Crippen molar-refractivity contribution in [3.05, 3.63) is 60.2 Å². The van der Waals surface area contributed by atoms with E-state index >= 15 is 0 Å².